The summed E-state index contributed by atoms with van der Waals surface area (Å²) in [6, 6.07) is 83.3. The fourth-order valence-corrected chi connectivity index (χ4v) is 11.4. The Balaban J connectivity index is 1.13. The molecule has 2 heteroatoms. The third kappa shape index (κ3) is 4.72. The molecule has 0 fully saturated rings. The first kappa shape index (κ1) is 34.5. The second-order valence-corrected chi connectivity index (χ2v) is 17.1. The molecule has 1 atom stereocenters. The van der Waals surface area contributed by atoms with E-state index >= 15 is 0 Å². The summed E-state index contributed by atoms with van der Waals surface area (Å²) >= 11 is 0. The first-order chi connectivity index (χ1) is 31.2. The zero-order valence-corrected chi connectivity index (χ0v) is 34.2. The largest absolute Gasteiger partial charge is 0.456 e. The van der Waals surface area contributed by atoms with Crippen LogP contribution in [0.3, 0.4) is 0 Å². The van der Waals surface area contributed by atoms with Gasteiger partial charge in [0.2, 0.25) is 0 Å². The maximum atomic E-state index is 6.58. The van der Waals surface area contributed by atoms with Gasteiger partial charge in [-0.05, 0) is 125 Å². The van der Waals surface area contributed by atoms with Crippen LogP contribution in [0.2, 0.25) is 0 Å². The van der Waals surface area contributed by atoms with Crippen LogP contribution in [-0.2, 0) is 5.41 Å². The predicted octanol–water partition coefficient (Wildman–Crippen LogP) is 16.5. The van der Waals surface area contributed by atoms with E-state index in [1.807, 2.05) is 6.07 Å². The molecule has 11 aromatic carbocycles. The van der Waals surface area contributed by atoms with Gasteiger partial charge in [0.1, 0.15) is 11.2 Å². The fraction of sp³-hybridized carbons (Fsp3) is 0.0164. The number of hydrogen-bond acceptors (Lipinski definition) is 2. The van der Waals surface area contributed by atoms with E-state index in [4.69, 9.17) is 4.42 Å². The molecule has 1 unspecified atom stereocenters. The molecule has 2 aliphatic rings. The van der Waals surface area contributed by atoms with Gasteiger partial charge in [0.25, 0.3) is 0 Å². The van der Waals surface area contributed by atoms with Crippen molar-refractivity contribution in [3.63, 3.8) is 0 Å². The lowest BCUT2D eigenvalue weighted by Gasteiger charge is -2.46. The highest BCUT2D eigenvalue weighted by molar-refractivity contribution is 6.12. The summed E-state index contributed by atoms with van der Waals surface area (Å²) in [5.74, 6) is 0. The standard InChI is InChI=1S/C61H37NO/c1-2-13-38(14-3-1)42-29-32-46-50-23-8-17-40-19-10-25-52(59(40)50)61(54(46)35-42)53-26-11-20-41-18-9-24-51(60(41)53)47-33-30-43(36-55(47)61)62(56-27-12-16-39-15-4-5-21-45(39)56)44-31-34-49-48-22-6-7-28-57(48)63-58(49)37-44/h1-37H. The van der Waals surface area contributed by atoms with Crippen molar-refractivity contribution in [1.82, 2.24) is 0 Å². The van der Waals surface area contributed by atoms with Crippen molar-refractivity contribution in [3.05, 3.63) is 247 Å². The van der Waals surface area contributed by atoms with E-state index in [2.05, 4.69) is 223 Å². The summed E-state index contributed by atoms with van der Waals surface area (Å²) in [5, 5.41) is 9.74. The molecule has 14 rings (SSSR count). The summed E-state index contributed by atoms with van der Waals surface area (Å²) in [6.07, 6.45) is 0. The molecular weight excluding hydrogens is 763 g/mol. The molecule has 12 aromatic rings. The van der Waals surface area contributed by atoms with Gasteiger partial charge >= 0.3 is 0 Å². The molecule has 1 heterocycles. The van der Waals surface area contributed by atoms with Gasteiger partial charge < -0.3 is 9.32 Å². The summed E-state index contributed by atoms with van der Waals surface area (Å²) in [5.41, 5.74) is 17.0. The minimum atomic E-state index is -0.666. The topological polar surface area (TPSA) is 16.4 Å². The minimum Gasteiger partial charge on any atom is -0.456 e. The zero-order valence-electron chi connectivity index (χ0n) is 34.2. The van der Waals surface area contributed by atoms with Crippen molar-refractivity contribution in [2.24, 2.45) is 0 Å². The van der Waals surface area contributed by atoms with Gasteiger partial charge in [0, 0.05) is 33.6 Å². The van der Waals surface area contributed by atoms with Crippen LogP contribution in [0.25, 0.3) is 87.6 Å². The van der Waals surface area contributed by atoms with Gasteiger partial charge in [-0.15, -0.1) is 0 Å². The quantitative estimate of drug-likeness (QED) is 0.176. The maximum absolute atomic E-state index is 6.58. The number of nitrogens with zero attached hydrogens (tertiary/aromatic N) is 1. The molecule has 0 radical (unpaired) electrons. The van der Waals surface area contributed by atoms with Gasteiger partial charge in [-0.3, -0.25) is 0 Å². The molecule has 1 spiro atoms. The minimum absolute atomic E-state index is 0.666. The molecule has 63 heavy (non-hydrogen) atoms. The SMILES string of the molecule is c1ccc(-c2ccc3c(c2)C2(c4cc(N(c5ccc6c(c5)oc5ccccc56)c5cccc6ccccc56)ccc4-c4cccc5cccc2c45)c2cccc4cccc-3c24)cc1. The Hall–Kier alpha value is -8.20. The normalized spacial score (nSPS) is 14.7. The monoisotopic (exact) mass is 799 g/mol. The van der Waals surface area contributed by atoms with Crippen molar-refractivity contribution < 1.29 is 4.42 Å². The molecule has 0 amide bonds. The molecule has 1 aromatic heterocycles. The van der Waals surface area contributed by atoms with Crippen molar-refractivity contribution in [2.45, 2.75) is 5.41 Å². The van der Waals surface area contributed by atoms with Crippen LogP contribution in [0.1, 0.15) is 22.3 Å². The number of anilines is 3. The van der Waals surface area contributed by atoms with Crippen LogP contribution >= 0.6 is 0 Å². The Kier molecular flexibility index (Phi) is 7.07. The van der Waals surface area contributed by atoms with E-state index in [0.717, 1.165) is 39.0 Å². The third-order valence-electron chi connectivity index (χ3n) is 14.0. The number of hydrogen-bond donors (Lipinski definition) is 0. The first-order valence-corrected chi connectivity index (χ1v) is 21.8. The van der Waals surface area contributed by atoms with E-state index in [1.165, 1.54) is 88.0 Å². The molecular formula is C61H37NO. The fourth-order valence-electron chi connectivity index (χ4n) is 11.4. The molecule has 0 bridgehead atoms. The van der Waals surface area contributed by atoms with Crippen LogP contribution in [0.15, 0.2) is 229 Å². The smallest absolute Gasteiger partial charge is 0.137 e. The Bertz CT molecular complexity index is 3850. The van der Waals surface area contributed by atoms with Gasteiger partial charge in [-0.2, -0.15) is 0 Å². The lowest BCUT2D eigenvalue weighted by atomic mass is 9.55. The Morgan fingerprint density at radius 1 is 0.317 bits per heavy atom. The van der Waals surface area contributed by atoms with E-state index in [9.17, 15) is 0 Å². The third-order valence-corrected chi connectivity index (χ3v) is 14.0. The molecule has 0 saturated carbocycles. The number of benzene rings is 11. The predicted molar refractivity (Wildman–Crippen MR) is 263 cm³/mol. The van der Waals surface area contributed by atoms with Crippen LogP contribution in [0, 0.1) is 0 Å². The highest BCUT2D eigenvalue weighted by atomic mass is 16.3. The summed E-state index contributed by atoms with van der Waals surface area (Å²) < 4.78 is 6.58. The van der Waals surface area contributed by atoms with Gasteiger partial charge in [0.15, 0.2) is 0 Å². The van der Waals surface area contributed by atoms with Crippen molar-refractivity contribution in [1.29, 1.82) is 0 Å². The number of rotatable bonds is 4. The zero-order chi connectivity index (χ0) is 41.2. The Morgan fingerprint density at radius 2 is 0.873 bits per heavy atom. The summed E-state index contributed by atoms with van der Waals surface area (Å²) in [6.45, 7) is 0. The highest BCUT2D eigenvalue weighted by Crippen LogP contribution is 2.62. The van der Waals surface area contributed by atoms with Gasteiger partial charge in [-0.25, -0.2) is 0 Å². The van der Waals surface area contributed by atoms with E-state index < -0.39 is 5.41 Å². The Labute approximate surface area is 364 Å². The van der Waals surface area contributed by atoms with Crippen LogP contribution in [-0.4, -0.2) is 0 Å². The Morgan fingerprint density at radius 3 is 1.63 bits per heavy atom. The summed E-state index contributed by atoms with van der Waals surface area (Å²) in [7, 11) is 0. The molecule has 0 saturated heterocycles. The molecule has 292 valence electrons. The van der Waals surface area contributed by atoms with E-state index in [1.54, 1.807) is 0 Å². The second kappa shape index (κ2) is 12.9. The van der Waals surface area contributed by atoms with Crippen LogP contribution < -0.4 is 4.90 Å². The van der Waals surface area contributed by atoms with Gasteiger partial charge in [0.05, 0.1) is 11.1 Å². The van der Waals surface area contributed by atoms with Crippen LogP contribution in [0.4, 0.5) is 17.1 Å². The van der Waals surface area contributed by atoms with E-state index in [-0.39, 0.29) is 0 Å². The average molecular weight is 800 g/mol. The lowest BCUT2D eigenvalue weighted by Crippen LogP contribution is -2.36. The lowest BCUT2D eigenvalue weighted by molar-refractivity contribution is 0.669. The molecule has 2 aliphatic carbocycles. The summed E-state index contributed by atoms with van der Waals surface area (Å²) in [4.78, 5) is 2.45. The molecule has 0 N–H and O–H groups in total. The number of furan rings is 1. The van der Waals surface area contributed by atoms with Crippen molar-refractivity contribution >= 4 is 71.3 Å². The molecule has 0 aliphatic heterocycles. The maximum Gasteiger partial charge on any atom is 0.137 e. The average Bonchev–Trinajstić information content (AvgIpc) is 3.72. The highest BCUT2D eigenvalue weighted by Gasteiger charge is 2.49. The number of para-hydroxylation sites is 1. The van der Waals surface area contributed by atoms with E-state index in [0.29, 0.717) is 0 Å². The van der Waals surface area contributed by atoms with Crippen molar-refractivity contribution in [3.8, 4) is 33.4 Å². The number of fused-ring (bicyclic) bond motifs is 12. The van der Waals surface area contributed by atoms with Gasteiger partial charge in [-0.1, -0.05) is 176 Å². The van der Waals surface area contributed by atoms with Crippen LogP contribution in [0.5, 0.6) is 0 Å². The van der Waals surface area contributed by atoms with Crippen molar-refractivity contribution in [2.75, 3.05) is 4.90 Å². The molecule has 2 nitrogen and oxygen atoms in total. The first-order valence-electron chi connectivity index (χ1n) is 21.8. The second-order valence-electron chi connectivity index (χ2n) is 17.1.